The molecule has 20 heavy (non-hydrogen) atoms. The Morgan fingerprint density at radius 1 is 1.10 bits per heavy atom. The molecule has 2 fully saturated rings. The standard InChI is InChI=1S/C15H22N4O/c1-15(5-2-3-6-15)13(20)18-9-11-19(12-10-18)14-16-7-4-8-17-14/h4,7-8H,2-3,5-6,9-12H2,1H3. The fourth-order valence-electron chi connectivity index (χ4n) is 3.31. The van der Waals surface area contributed by atoms with E-state index in [2.05, 4.69) is 21.8 Å². The molecule has 0 spiro atoms. The lowest BCUT2D eigenvalue weighted by atomic mass is 9.87. The monoisotopic (exact) mass is 274 g/mol. The fourth-order valence-corrected chi connectivity index (χ4v) is 3.31. The Balaban J connectivity index is 1.60. The summed E-state index contributed by atoms with van der Waals surface area (Å²) in [4.78, 5) is 25.4. The molecule has 1 aromatic rings. The van der Waals surface area contributed by atoms with Crippen LogP contribution in [0.1, 0.15) is 32.6 Å². The lowest BCUT2D eigenvalue weighted by Crippen LogP contribution is -2.52. The Morgan fingerprint density at radius 3 is 2.30 bits per heavy atom. The van der Waals surface area contributed by atoms with Gasteiger partial charge in [0.05, 0.1) is 0 Å². The first-order valence-corrected chi connectivity index (χ1v) is 7.50. The average Bonchev–Trinajstić information content (AvgIpc) is 2.96. The second-order valence-corrected chi connectivity index (χ2v) is 6.10. The summed E-state index contributed by atoms with van der Waals surface area (Å²) >= 11 is 0. The molecular formula is C15H22N4O. The molecular weight excluding hydrogens is 252 g/mol. The van der Waals surface area contributed by atoms with Crippen LogP contribution in [0.5, 0.6) is 0 Å². The Hall–Kier alpha value is -1.65. The van der Waals surface area contributed by atoms with Crippen LogP contribution >= 0.6 is 0 Å². The zero-order chi connectivity index (χ0) is 14.0. The van der Waals surface area contributed by atoms with Gasteiger partial charge in [-0.15, -0.1) is 0 Å². The number of carbonyl (C=O) groups excluding carboxylic acids is 1. The van der Waals surface area contributed by atoms with Gasteiger partial charge in [-0.25, -0.2) is 9.97 Å². The topological polar surface area (TPSA) is 49.3 Å². The van der Waals surface area contributed by atoms with Gasteiger partial charge in [0.15, 0.2) is 0 Å². The van der Waals surface area contributed by atoms with E-state index < -0.39 is 0 Å². The number of anilines is 1. The van der Waals surface area contributed by atoms with Crippen LogP contribution in [0.25, 0.3) is 0 Å². The maximum atomic E-state index is 12.6. The molecule has 0 unspecified atom stereocenters. The number of hydrogen-bond donors (Lipinski definition) is 0. The summed E-state index contributed by atoms with van der Waals surface area (Å²) in [6.45, 7) is 5.35. The highest BCUT2D eigenvalue weighted by atomic mass is 16.2. The van der Waals surface area contributed by atoms with Crippen molar-refractivity contribution in [2.24, 2.45) is 5.41 Å². The molecule has 0 bridgehead atoms. The maximum absolute atomic E-state index is 12.6. The molecule has 1 amide bonds. The molecule has 1 aliphatic heterocycles. The third kappa shape index (κ3) is 2.49. The van der Waals surface area contributed by atoms with Crippen LogP contribution < -0.4 is 4.90 Å². The van der Waals surface area contributed by atoms with Crippen molar-refractivity contribution in [3.63, 3.8) is 0 Å². The molecule has 108 valence electrons. The van der Waals surface area contributed by atoms with E-state index in [1.54, 1.807) is 12.4 Å². The summed E-state index contributed by atoms with van der Waals surface area (Å²) in [7, 11) is 0. The van der Waals surface area contributed by atoms with Gasteiger partial charge in [0.1, 0.15) is 0 Å². The van der Waals surface area contributed by atoms with Crippen molar-refractivity contribution in [3.8, 4) is 0 Å². The Kier molecular flexibility index (Phi) is 3.59. The summed E-state index contributed by atoms with van der Waals surface area (Å²) in [6, 6.07) is 1.82. The molecule has 2 aliphatic rings. The number of aromatic nitrogens is 2. The van der Waals surface area contributed by atoms with Crippen LogP contribution in [0.2, 0.25) is 0 Å². The minimum Gasteiger partial charge on any atom is -0.339 e. The van der Waals surface area contributed by atoms with Crippen LogP contribution in [-0.2, 0) is 4.79 Å². The SMILES string of the molecule is CC1(C(=O)N2CCN(c3ncccn3)CC2)CCCC1. The molecule has 5 heteroatoms. The quantitative estimate of drug-likeness (QED) is 0.823. The van der Waals surface area contributed by atoms with Gasteiger partial charge in [0.25, 0.3) is 0 Å². The summed E-state index contributed by atoms with van der Waals surface area (Å²) in [5, 5.41) is 0. The van der Waals surface area contributed by atoms with E-state index >= 15 is 0 Å². The van der Waals surface area contributed by atoms with E-state index in [9.17, 15) is 4.79 Å². The third-order valence-electron chi connectivity index (χ3n) is 4.63. The highest BCUT2D eigenvalue weighted by Crippen LogP contribution is 2.39. The summed E-state index contributed by atoms with van der Waals surface area (Å²) in [5.41, 5.74) is -0.106. The van der Waals surface area contributed by atoms with Crippen molar-refractivity contribution in [2.75, 3.05) is 31.1 Å². The number of nitrogens with zero attached hydrogens (tertiary/aromatic N) is 4. The Bertz CT molecular complexity index is 462. The van der Waals surface area contributed by atoms with Gasteiger partial charge in [0, 0.05) is 44.0 Å². The highest BCUT2D eigenvalue weighted by molar-refractivity contribution is 5.82. The largest absolute Gasteiger partial charge is 0.339 e. The zero-order valence-corrected chi connectivity index (χ0v) is 12.1. The van der Waals surface area contributed by atoms with Crippen LogP contribution in [0.3, 0.4) is 0 Å². The zero-order valence-electron chi connectivity index (χ0n) is 12.1. The first-order valence-electron chi connectivity index (χ1n) is 7.50. The molecule has 1 saturated carbocycles. The van der Waals surface area contributed by atoms with E-state index in [-0.39, 0.29) is 5.41 Å². The molecule has 1 aliphatic carbocycles. The molecule has 2 heterocycles. The van der Waals surface area contributed by atoms with E-state index in [0.29, 0.717) is 5.91 Å². The molecule has 0 N–H and O–H groups in total. The summed E-state index contributed by atoms with van der Waals surface area (Å²) < 4.78 is 0. The molecule has 1 saturated heterocycles. The minimum absolute atomic E-state index is 0.106. The summed E-state index contributed by atoms with van der Waals surface area (Å²) in [6.07, 6.45) is 8.01. The molecule has 0 atom stereocenters. The van der Waals surface area contributed by atoms with Gasteiger partial charge in [0.2, 0.25) is 11.9 Å². The lowest BCUT2D eigenvalue weighted by molar-refractivity contribution is -0.141. The molecule has 3 rings (SSSR count). The number of rotatable bonds is 2. The van der Waals surface area contributed by atoms with E-state index in [1.807, 2.05) is 11.0 Å². The Labute approximate surface area is 120 Å². The number of carbonyl (C=O) groups is 1. The van der Waals surface area contributed by atoms with Gasteiger partial charge in [-0.05, 0) is 18.9 Å². The third-order valence-corrected chi connectivity index (χ3v) is 4.63. The number of piperazine rings is 1. The van der Waals surface area contributed by atoms with Gasteiger partial charge < -0.3 is 9.80 Å². The molecule has 5 nitrogen and oxygen atoms in total. The molecule has 0 radical (unpaired) electrons. The van der Waals surface area contributed by atoms with Crippen molar-refractivity contribution in [1.29, 1.82) is 0 Å². The van der Waals surface area contributed by atoms with Crippen molar-refractivity contribution < 1.29 is 4.79 Å². The number of amides is 1. The van der Waals surface area contributed by atoms with Crippen molar-refractivity contribution in [3.05, 3.63) is 18.5 Å². The highest BCUT2D eigenvalue weighted by Gasteiger charge is 2.39. The van der Waals surface area contributed by atoms with Crippen LogP contribution in [-0.4, -0.2) is 47.0 Å². The second-order valence-electron chi connectivity index (χ2n) is 6.10. The Morgan fingerprint density at radius 2 is 1.70 bits per heavy atom. The predicted octanol–water partition coefficient (Wildman–Crippen LogP) is 1.71. The van der Waals surface area contributed by atoms with Crippen LogP contribution in [0.4, 0.5) is 5.95 Å². The molecule has 1 aromatic heterocycles. The van der Waals surface area contributed by atoms with E-state index in [1.165, 1.54) is 12.8 Å². The van der Waals surface area contributed by atoms with Crippen molar-refractivity contribution in [2.45, 2.75) is 32.6 Å². The van der Waals surface area contributed by atoms with Crippen LogP contribution in [0, 0.1) is 5.41 Å². The first kappa shape index (κ1) is 13.3. The second kappa shape index (κ2) is 5.38. The normalized spacial score (nSPS) is 22.1. The predicted molar refractivity (Wildman–Crippen MR) is 77.4 cm³/mol. The van der Waals surface area contributed by atoms with Crippen LogP contribution in [0.15, 0.2) is 18.5 Å². The first-order chi connectivity index (χ1) is 9.69. The summed E-state index contributed by atoms with van der Waals surface area (Å²) in [5.74, 6) is 1.12. The maximum Gasteiger partial charge on any atom is 0.228 e. The fraction of sp³-hybridized carbons (Fsp3) is 0.667. The lowest BCUT2D eigenvalue weighted by Gasteiger charge is -2.38. The number of hydrogen-bond acceptors (Lipinski definition) is 4. The average molecular weight is 274 g/mol. The van der Waals surface area contributed by atoms with Crippen molar-refractivity contribution in [1.82, 2.24) is 14.9 Å². The minimum atomic E-state index is -0.106. The van der Waals surface area contributed by atoms with E-state index in [4.69, 9.17) is 0 Å². The van der Waals surface area contributed by atoms with Gasteiger partial charge >= 0.3 is 0 Å². The van der Waals surface area contributed by atoms with E-state index in [0.717, 1.165) is 45.0 Å². The molecule has 0 aromatic carbocycles. The van der Waals surface area contributed by atoms with Crippen molar-refractivity contribution >= 4 is 11.9 Å². The smallest absolute Gasteiger partial charge is 0.228 e. The van der Waals surface area contributed by atoms with Gasteiger partial charge in [-0.1, -0.05) is 19.8 Å². The van der Waals surface area contributed by atoms with Gasteiger partial charge in [-0.2, -0.15) is 0 Å². The van der Waals surface area contributed by atoms with Gasteiger partial charge in [-0.3, -0.25) is 4.79 Å².